The van der Waals surface area contributed by atoms with Crippen LogP contribution in [0.4, 0.5) is 11.4 Å². The zero-order valence-electron chi connectivity index (χ0n) is 11.1. The number of anilines is 1. The number of nitro benzene ring substituents is 1. The van der Waals surface area contributed by atoms with Crippen LogP contribution in [0.5, 0.6) is 0 Å². The van der Waals surface area contributed by atoms with E-state index < -0.39 is 16.9 Å². The Morgan fingerprint density at radius 3 is 2.90 bits per heavy atom. The molecule has 1 saturated heterocycles. The van der Waals surface area contributed by atoms with Crippen LogP contribution in [0.25, 0.3) is 0 Å². The third-order valence-corrected chi connectivity index (χ3v) is 3.24. The van der Waals surface area contributed by atoms with Crippen LogP contribution in [0.1, 0.15) is 18.4 Å². The Labute approximate surface area is 120 Å². The lowest BCUT2D eigenvalue weighted by Crippen LogP contribution is -2.30. The summed E-state index contributed by atoms with van der Waals surface area (Å²) >= 11 is 0. The number of nitrogens with zero attached hydrogens (tertiary/aromatic N) is 2. The lowest BCUT2D eigenvalue weighted by molar-refractivity contribution is -0.384. The second kappa shape index (κ2) is 6.30. The van der Waals surface area contributed by atoms with Crippen LogP contribution in [-0.2, 0) is 9.53 Å². The summed E-state index contributed by atoms with van der Waals surface area (Å²) in [5.41, 5.74) is 5.34. The van der Waals surface area contributed by atoms with Crippen molar-refractivity contribution < 1.29 is 14.5 Å². The van der Waals surface area contributed by atoms with E-state index in [-0.39, 0.29) is 23.0 Å². The lowest BCUT2D eigenvalue weighted by atomic mass is 10.1. The van der Waals surface area contributed by atoms with E-state index >= 15 is 0 Å². The number of carbonyl (C=O) groups is 1. The van der Waals surface area contributed by atoms with Gasteiger partial charge in [0.1, 0.15) is 11.8 Å². The first-order valence-corrected chi connectivity index (χ1v) is 6.40. The summed E-state index contributed by atoms with van der Waals surface area (Å²) < 4.78 is 5.43. The second-order valence-corrected chi connectivity index (χ2v) is 4.65. The fourth-order valence-corrected chi connectivity index (χ4v) is 2.14. The highest BCUT2D eigenvalue weighted by molar-refractivity contribution is 5.96. The first-order chi connectivity index (χ1) is 10.0. The number of nitro groups is 1. The van der Waals surface area contributed by atoms with Crippen molar-refractivity contribution in [2.75, 3.05) is 11.9 Å². The molecule has 0 aromatic heterocycles. The first kappa shape index (κ1) is 14.9. The van der Waals surface area contributed by atoms with Gasteiger partial charge in [0.05, 0.1) is 22.7 Å². The third kappa shape index (κ3) is 3.34. The maximum atomic E-state index is 12.0. The number of rotatable bonds is 4. The van der Waals surface area contributed by atoms with Crippen LogP contribution in [-0.4, -0.2) is 29.6 Å². The molecule has 8 nitrogen and oxygen atoms in total. The van der Waals surface area contributed by atoms with E-state index in [1.165, 1.54) is 12.1 Å². The molecule has 1 fully saturated rings. The predicted octanol–water partition coefficient (Wildman–Crippen LogP) is 0.911. The third-order valence-electron chi connectivity index (χ3n) is 3.24. The van der Waals surface area contributed by atoms with Gasteiger partial charge in [-0.05, 0) is 25.0 Å². The van der Waals surface area contributed by atoms with Crippen molar-refractivity contribution >= 4 is 17.3 Å². The zero-order chi connectivity index (χ0) is 15.4. The average Bonchev–Trinajstić information content (AvgIpc) is 2.96. The molecule has 0 radical (unpaired) electrons. The number of ether oxygens (including phenoxy) is 1. The van der Waals surface area contributed by atoms with E-state index in [4.69, 9.17) is 15.7 Å². The van der Waals surface area contributed by atoms with Gasteiger partial charge in [-0.15, -0.1) is 0 Å². The number of nitriles is 1. The molecule has 2 rings (SSSR count). The van der Waals surface area contributed by atoms with Gasteiger partial charge in [0.2, 0.25) is 0 Å². The Kier molecular flexibility index (Phi) is 4.47. The molecule has 1 amide bonds. The van der Waals surface area contributed by atoms with Crippen molar-refractivity contribution in [3.63, 3.8) is 0 Å². The standard InChI is InChI=1S/C13H14N4O4/c14-6-8-1-3-10(11(5-8)17(19)20)16-13(18)12-4-2-9(7-15)21-12/h1,3,5,9,12H,2,4,7,15H2,(H,16,18). The normalized spacial score (nSPS) is 20.8. The van der Waals surface area contributed by atoms with Gasteiger partial charge >= 0.3 is 0 Å². The fraction of sp³-hybridized carbons (Fsp3) is 0.385. The van der Waals surface area contributed by atoms with Gasteiger partial charge in [0.15, 0.2) is 0 Å². The van der Waals surface area contributed by atoms with Crippen LogP contribution in [0.3, 0.4) is 0 Å². The Morgan fingerprint density at radius 1 is 1.57 bits per heavy atom. The molecule has 2 atom stereocenters. The van der Waals surface area contributed by atoms with Gasteiger partial charge in [0, 0.05) is 12.6 Å². The number of carbonyl (C=O) groups excluding carboxylic acids is 1. The summed E-state index contributed by atoms with van der Waals surface area (Å²) in [4.78, 5) is 22.4. The zero-order valence-corrected chi connectivity index (χ0v) is 11.1. The largest absolute Gasteiger partial charge is 0.364 e. The molecule has 1 heterocycles. The summed E-state index contributed by atoms with van der Waals surface area (Å²) in [5, 5.41) is 22.2. The smallest absolute Gasteiger partial charge is 0.294 e. The summed E-state index contributed by atoms with van der Waals surface area (Å²) in [7, 11) is 0. The van der Waals surface area contributed by atoms with Crippen LogP contribution in [0.2, 0.25) is 0 Å². The van der Waals surface area contributed by atoms with Crippen LogP contribution < -0.4 is 11.1 Å². The summed E-state index contributed by atoms with van der Waals surface area (Å²) in [5.74, 6) is -0.446. The molecule has 2 unspecified atom stereocenters. The predicted molar refractivity (Wildman–Crippen MR) is 73.4 cm³/mol. The van der Waals surface area contributed by atoms with Gasteiger partial charge in [-0.1, -0.05) is 0 Å². The Bertz CT molecular complexity index is 611. The molecule has 1 aromatic rings. The molecule has 1 aliphatic heterocycles. The van der Waals surface area contributed by atoms with Gasteiger partial charge in [0.25, 0.3) is 11.6 Å². The molecular weight excluding hydrogens is 276 g/mol. The van der Waals surface area contributed by atoms with Gasteiger partial charge in [-0.3, -0.25) is 14.9 Å². The second-order valence-electron chi connectivity index (χ2n) is 4.65. The summed E-state index contributed by atoms with van der Waals surface area (Å²) in [6.45, 7) is 0.334. The van der Waals surface area contributed by atoms with E-state index in [9.17, 15) is 14.9 Å². The number of hydrogen-bond donors (Lipinski definition) is 2. The molecule has 1 aliphatic rings. The quantitative estimate of drug-likeness (QED) is 0.625. The molecule has 0 bridgehead atoms. The van der Waals surface area contributed by atoms with Crippen LogP contribution >= 0.6 is 0 Å². The number of benzene rings is 1. The van der Waals surface area contributed by atoms with E-state index in [1.54, 1.807) is 0 Å². The molecule has 0 spiro atoms. The molecule has 1 aromatic carbocycles. The molecule has 0 saturated carbocycles. The number of nitrogens with two attached hydrogens (primary N) is 1. The minimum atomic E-state index is -0.659. The van der Waals surface area contributed by atoms with Crippen molar-refractivity contribution in [3.05, 3.63) is 33.9 Å². The topological polar surface area (TPSA) is 131 Å². The highest BCUT2D eigenvalue weighted by Gasteiger charge is 2.31. The van der Waals surface area contributed by atoms with E-state index in [2.05, 4.69) is 5.32 Å². The highest BCUT2D eigenvalue weighted by Crippen LogP contribution is 2.27. The molecule has 3 N–H and O–H groups in total. The number of amides is 1. The molecule has 110 valence electrons. The maximum absolute atomic E-state index is 12.0. The lowest BCUT2D eigenvalue weighted by Gasteiger charge is -2.12. The first-order valence-electron chi connectivity index (χ1n) is 6.40. The van der Waals surface area contributed by atoms with Crippen LogP contribution in [0, 0.1) is 21.4 Å². The van der Waals surface area contributed by atoms with Crippen molar-refractivity contribution in [3.8, 4) is 6.07 Å². The van der Waals surface area contributed by atoms with E-state index in [1.807, 2.05) is 6.07 Å². The van der Waals surface area contributed by atoms with Gasteiger partial charge < -0.3 is 15.8 Å². The molecule has 8 heteroatoms. The van der Waals surface area contributed by atoms with Crippen molar-refractivity contribution in [2.45, 2.75) is 25.0 Å². The minimum absolute atomic E-state index is 0.0452. The molecule has 21 heavy (non-hydrogen) atoms. The minimum Gasteiger partial charge on any atom is -0.364 e. The van der Waals surface area contributed by atoms with Gasteiger partial charge in [-0.2, -0.15) is 5.26 Å². The number of nitrogens with one attached hydrogen (secondary N) is 1. The van der Waals surface area contributed by atoms with Crippen molar-refractivity contribution in [1.29, 1.82) is 5.26 Å². The average molecular weight is 290 g/mol. The molecular formula is C13H14N4O4. The monoisotopic (exact) mass is 290 g/mol. The highest BCUT2D eigenvalue weighted by atomic mass is 16.6. The maximum Gasteiger partial charge on any atom is 0.294 e. The van der Waals surface area contributed by atoms with E-state index in [0.29, 0.717) is 19.4 Å². The van der Waals surface area contributed by atoms with Gasteiger partial charge in [-0.25, -0.2) is 0 Å². The van der Waals surface area contributed by atoms with Crippen LogP contribution in [0.15, 0.2) is 18.2 Å². The fourth-order valence-electron chi connectivity index (χ4n) is 2.14. The molecule has 0 aliphatic carbocycles. The SMILES string of the molecule is N#Cc1ccc(NC(=O)C2CCC(CN)O2)c([N+](=O)[O-])c1. The summed E-state index contributed by atoms with van der Waals surface area (Å²) in [6.07, 6.45) is 0.396. The van der Waals surface area contributed by atoms with Crippen molar-refractivity contribution in [2.24, 2.45) is 5.73 Å². The van der Waals surface area contributed by atoms with Crippen molar-refractivity contribution in [1.82, 2.24) is 0 Å². The Balaban J connectivity index is 2.14. The number of hydrogen-bond acceptors (Lipinski definition) is 6. The Hall–Kier alpha value is -2.50. The van der Waals surface area contributed by atoms with E-state index in [0.717, 1.165) is 6.07 Å². The summed E-state index contributed by atoms with van der Waals surface area (Å²) in [6, 6.07) is 5.68. The Morgan fingerprint density at radius 2 is 2.33 bits per heavy atom.